The Morgan fingerprint density at radius 3 is 3.09 bits per heavy atom. The lowest BCUT2D eigenvalue weighted by molar-refractivity contribution is 0.158. The Morgan fingerprint density at radius 1 is 1.64 bits per heavy atom. The Labute approximate surface area is 66.6 Å². The molecule has 0 aliphatic rings. The molecule has 0 bridgehead atoms. The highest BCUT2D eigenvalue weighted by Gasteiger charge is 1.96. The third-order valence-electron chi connectivity index (χ3n) is 1.65. The van der Waals surface area contributed by atoms with E-state index in [1.807, 2.05) is 18.3 Å². The van der Waals surface area contributed by atoms with Crippen LogP contribution in [0.15, 0.2) is 18.3 Å². The molecule has 3 heteroatoms. The standard InChI is InChI=1S/C8H14N2O/c1-2-5-10-6-3-4-8(10)7-9-11/h3-4,6,9,11H,2,5,7H2,1H3. The fourth-order valence-electron chi connectivity index (χ4n) is 1.15. The first-order valence-corrected chi connectivity index (χ1v) is 3.89. The van der Waals surface area contributed by atoms with Crippen LogP contribution in [0.5, 0.6) is 0 Å². The molecule has 0 aliphatic heterocycles. The van der Waals surface area contributed by atoms with Crippen molar-refractivity contribution in [3.05, 3.63) is 24.0 Å². The summed E-state index contributed by atoms with van der Waals surface area (Å²) < 4.78 is 2.13. The molecule has 0 saturated carbocycles. The van der Waals surface area contributed by atoms with Gasteiger partial charge in [-0.2, -0.15) is 5.48 Å². The quantitative estimate of drug-likeness (QED) is 0.643. The van der Waals surface area contributed by atoms with Crippen LogP contribution in [-0.4, -0.2) is 9.77 Å². The van der Waals surface area contributed by atoms with Gasteiger partial charge in [0.05, 0.1) is 6.54 Å². The van der Waals surface area contributed by atoms with Crippen molar-refractivity contribution >= 4 is 0 Å². The summed E-state index contributed by atoms with van der Waals surface area (Å²) in [4.78, 5) is 0. The normalized spacial score (nSPS) is 10.4. The minimum atomic E-state index is 0.521. The van der Waals surface area contributed by atoms with Crippen molar-refractivity contribution < 1.29 is 5.21 Å². The summed E-state index contributed by atoms with van der Waals surface area (Å²) >= 11 is 0. The smallest absolute Gasteiger partial charge is 0.0611 e. The molecule has 0 aliphatic carbocycles. The lowest BCUT2D eigenvalue weighted by atomic mass is 10.4. The van der Waals surface area contributed by atoms with E-state index in [1.54, 1.807) is 0 Å². The number of aryl methyl sites for hydroxylation is 1. The van der Waals surface area contributed by atoms with E-state index in [2.05, 4.69) is 17.0 Å². The number of aromatic nitrogens is 1. The minimum absolute atomic E-state index is 0.521. The van der Waals surface area contributed by atoms with Gasteiger partial charge in [0.2, 0.25) is 0 Å². The maximum atomic E-state index is 8.47. The summed E-state index contributed by atoms with van der Waals surface area (Å²) in [6.45, 7) is 3.67. The van der Waals surface area contributed by atoms with Gasteiger partial charge >= 0.3 is 0 Å². The van der Waals surface area contributed by atoms with Crippen LogP contribution in [0.4, 0.5) is 0 Å². The molecule has 3 nitrogen and oxygen atoms in total. The Balaban J connectivity index is 2.62. The highest BCUT2D eigenvalue weighted by Crippen LogP contribution is 2.02. The number of hydroxylamine groups is 1. The number of rotatable bonds is 4. The molecule has 0 spiro atoms. The van der Waals surface area contributed by atoms with Crippen LogP contribution in [0.3, 0.4) is 0 Å². The first kappa shape index (κ1) is 8.30. The average molecular weight is 154 g/mol. The molecule has 0 radical (unpaired) electrons. The van der Waals surface area contributed by atoms with E-state index in [9.17, 15) is 0 Å². The molecule has 62 valence electrons. The number of hydrogen-bond donors (Lipinski definition) is 2. The second-order valence-corrected chi connectivity index (χ2v) is 2.53. The zero-order valence-corrected chi connectivity index (χ0v) is 6.75. The fraction of sp³-hybridized carbons (Fsp3) is 0.500. The van der Waals surface area contributed by atoms with Gasteiger partial charge in [0, 0.05) is 18.4 Å². The van der Waals surface area contributed by atoms with Gasteiger partial charge in [-0.3, -0.25) is 0 Å². The van der Waals surface area contributed by atoms with E-state index in [1.165, 1.54) is 0 Å². The van der Waals surface area contributed by atoms with Crippen molar-refractivity contribution in [3.63, 3.8) is 0 Å². The summed E-state index contributed by atoms with van der Waals surface area (Å²) in [5.74, 6) is 0. The summed E-state index contributed by atoms with van der Waals surface area (Å²) in [7, 11) is 0. The van der Waals surface area contributed by atoms with Crippen LogP contribution in [0.1, 0.15) is 19.0 Å². The van der Waals surface area contributed by atoms with Crippen molar-refractivity contribution in [3.8, 4) is 0 Å². The van der Waals surface area contributed by atoms with Crippen LogP contribution in [-0.2, 0) is 13.1 Å². The highest BCUT2D eigenvalue weighted by molar-refractivity contribution is 5.06. The number of nitrogens with zero attached hydrogens (tertiary/aromatic N) is 1. The van der Waals surface area contributed by atoms with Crippen molar-refractivity contribution in [2.75, 3.05) is 0 Å². The maximum Gasteiger partial charge on any atom is 0.0611 e. The first-order chi connectivity index (χ1) is 5.38. The Hall–Kier alpha value is -0.800. The Morgan fingerprint density at radius 2 is 2.45 bits per heavy atom. The molecule has 2 N–H and O–H groups in total. The molecule has 0 amide bonds. The van der Waals surface area contributed by atoms with Crippen LogP contribution in [0.2, 0.25) is 0 Å². The van der Waals surface area contributed by atoms with E-state index < -0.39 is 0 Å². The fourth-order valence-corrected chi connectivity index (χ4v) is 1.15. The van der Waals surface area contributed by atoms with Gasteiger partial charge in [0.1, 0.15) is 0 Å². The number of hydrogen-bond acceptors (Lipinski definition) is 2. The predicted octanol–water partition coefficient (Wildman–Crippen LogP) is 1.38. The summed E-state index contributed by atoms with van der Waals surface area (Å²) in [5.41, 5.74) is 3.27. The highest BCUT2D eigenvalue weighted by atomic mass is 16.5. The van der Waals surface area contributed by atoms with Gasteiger partial charge < -0.3 is 9.77 Å². The van der Waals surface area contributed by atoms with E-state index in [0.717, 1.165) is 18.7 Å². The largest absolute Gasteiger partial charge is 0.350 e. The molecule has 0 saturated heterocycles. The monoisotopic (exact) mass is 154 g/mol. The summed E-state index contributed by atoms with van der Waals surface area (Å²) in [6.07, 6.45) is 3.14. The van der Waals surface area contributed by atoms with Gasteiger partial charge in [-0.25, -0.2) is 0 Å². The summed E-state index contributed by atoms with van der Waals surface area (Å²) in [6, 6.07) is 3.99. The van der Waals surface area contributed by atoms with E-state index in [-0.39, 0.29) is 0 Å². The topological polar surface area (TPSA) is 37.2 Å². The van der Waals surface area contributed by atoms with Crippen LogP contribution in [0, 0.1) is 0 Å². The Bertz CT molecular complexity index is 187. The summed E-state index contributed by atoms with van der Waals surface area (Å²) in [5, 5.41) is 8.47. The van der Waals surface area contributed by atoms with Crippen molar-refractivity contribution in [1.29, 1.82) is 0 Å². The van der Waals surface area contributed by atoms with Crippen LogP contribution >= 0.6 is 0 Å². The molecule has 1 heterocycles. The molecule has 0 aromatic carbocycles. The van der Waals surface area contributed by atoms with Gasteiger partial charge in [-0.15, -0.1) is 0 Å². The second-order valence-electron chi connectivity index (χ2n) is 2.53. The zero-order chi connectivity index (χ0) is 8.10. The molecule has 1 aromatic rings. The molecule has 0 unspecified atom stereocenters. The molecule has 0 fully saturated rings. The molecular weight excluding hydrogens is 140 g/mol. The van der Waals surface area contributed by atoms with Crippen molar-refractivity contribution in [1.82, 2.24) is 10.0 Å². The number of nitrogens with one attached hydrogen (secondary N) is 1. The molecule has 11 heavy (non-hydrogen) atoms. The first-order valence-electron chi connectivity index (χ1n) is 3.89. The van der Waals surface area contributed by atoms with Crippen LogP contribution in [0.25, 0.3) is 0 Å². The average Bonchev–Trinajstić information content (AvgIpc) is 2.39. The predicted molar refractivity (Wildman–Crippen MR) is 43.3 cm³/mol. The van der Waals surface area contributed by atoms with Gasteiger partial charge in [-0.05, 0) is 18.6 Å². The van der Waals surface area contributed by atoms with Gasteiger partial charge in [-0.1, -0.05) is 6.92 Å². The minimum Gasteiger partial charge on any atom is -0.350 e. The van der Waals surface area contributed by atoms with E-state index in [0.29, 0.717) is 6.54 Å². The lowest BCUT2D eigenvalue weighted by Gasteiger charge is -2.05. The zero-order valence-electron chi connectivity index (χ0n) is 6.75. The lowest BCUT2D eigenvalue weighted by Crippen LogP contribution is -2.11. The SMILES string of the molecule is CCCn1cccc1CNO. The molecule has 0 atom stereocenters. The third-order valence-corrected chi connectivity index (χ3v) is 1.65. The molecular formula is C8H14N2O. The maximum absolute atomic E-state index is 8.47. The van der Waals surface area contributed by atoms with E-state index >= 15 is 0 Å². The van der Waals surface area contributed by atoms with Crippen molar-refractivity contribution in [2.45, 2.75) is 26.4 Å². The third kappa shape index (κ3) is 2.06. The van der Waals surface area contributed by atoms with E-state index in [4.69, 9.17) is 5.21 Å². The molecule has 1 aromatic heterocycles. The van der Waals surface area contributed by atoms with Gasteiger partial charge in [0.25, 0.3) is 0 Å². The molecule has 1 rings (SSSR count). The van der Waals surface area contributed by atoms with Crippen LogP contribution < -0.4 is 5.48 Å². The van der Waals surface area contributed by atoms with Gasteiger partial charge in [0.15, 0.2) is 0 Å². The Kier molecular flexibility index (Phi) is 3.14. The van der Waals surface area contributed by atoms with Crippen molar-refractivity contribution in [2.24, 2.45) is 0 Å². The second kappa shape index (κ2) is 4.16.